The van der Waals surface area contributed by atoms with Gasteiger partial charge in [-0.3, -0.25) is 9.59 Å². The Morgan fingerprint density at radius 3 is 1.45 bits per heavy atom. The van der Waals surface area contributed by atoms with Crippen LogP contribution in [0.2, 0.25) is 0 Å². The first kappa shape index (κ1) is 52.3. The highest BCUT2D eigenvalue weighted by molar-refractivity contribution is 5.72. The predicted molar refractivity (Wildman–Crippen MR) is 240 cm³/mol. The highest BCUT2D eigenvalue weighted by Gasteiger charge is 2.22. The molecule has 0 amide bonds. The highest BCUT2D eigenvalue weighted by atomic mass is 16.5. The molecule has 1 aliphatic heterocycles. The second kappa shape index (κ2) is 37.5. The summed E-state index contributed by atoms with van der Waals surface area (Å²) in [5.74, 6) is 0.979. The summed E-state index contributed by atoms with van der Waals surface area (Å²) in [5, 5.41) is 3.61. The van der Waals surface area contributed by atoms with Crippen LogP contribution in [0, 0.1) is 11.8 Å². The van der Waals surface area contributed by atoms with Gasteiger partial charge in [-0.05, 0) is 71.3 Å². The van der Waals surface area contributed by atoms with Gasteiger partial charge in [0, 0.05) is 32.2 Å². The molecule has 3 unspecified atom stereocenters. The molecule has 56 heavy (non-hydrogen) atoms. The molecule has 7 nitrogen and oxygen atoms in total. The third kappa shape index (κ3) is 27.8. The van der Waals surface area contributed by atoms with Gasteiger partial charge >= 0.3 is 11.9 Å². The second-order valence-electron chi connectivity index (χ2n) is 17.3. The number of carbonyl (C=O) groups is 2. The molecule has 1 aliphatic rings. The number of rotatable bonds is 40. The fraction of sp³-hybridized carbons (Fsp3) is 0.918. The van der Waals surface area contributed by atoms with Crippen molar-refractivity contribution >= 4 is 11.9 Å². The van der Waals surface area contributed by atoms with E-state index in [4.69, 9.17) is 9.47 Å². The maximum absolute atomic E-state index is 13.3. The van der Waals surface area contributed by atoms with Gasteiger partial charge in [0.25, 0.3) is 0 Å². The molecule has 1 fully saturated rings. The molecular formula is C49H95N3O4. The maximum atomic E-state index is 13.3. The molecule has 0 aliphatic carbocycles. The fourth-order valence-electron chi connectivity index (χ4n) is 8.33. The largest absolute Gasteiger partial charge is 0.465 e. The number of hydrogen-bond acceptors (Lipinski definition) is 7. The number of esters is 2. The first-order valence-corrected chi connectivity index (χ1v) is 24.6. The summed E-state index contributed by atoms with van der Waals surface area (Å²) in [6, 6.07) is 0.678. The van der Waals surface area contributed by atoms with Crippen molar-refractivity contribution in [3.63, 3.8) is 0 Å². The lowest BCUT2D eigenvalue weighted by Crippen LogP contribution is -2.39. The minimum Gasteiger partial charge on any atom is -0.465 e. The Bertz CT molecular complexity index is 877. The average Bonchev–Trinajstić information content (AvgIpc) is 3.20. The third-order valence-corrected chi connectivity index (χ3v) is 12.2. The lowest BCUT2D eigenvalue weighted by atomic mass is 9.94. The lowest BCUT2D eigenvalue weighted by molar-refractivity contribution is -0.150. The second-order valence-corrected chi connectivity index (χ2v) is 17.3. The number of nitrogens with zero attached hydrogens (tertiary/aromatic N) is 2. The zero-order chi connectivity index (χ0) is 40.9. The standard InChI is InChI=1S/C49H95N3O4/c1-7-11-15-19-21-25-35-46(33-23-17-13-9-3)48(53)55-42-30-40-52(45(6)50-37-29-39-51-38-28-27-32-44(51)5)41-31-43-56-49(54)47(34-24-18-14-10-4)36-26-22-20-16-12-8-2/h44,46-47,50H,6-43H2,1-5H3. The van der Waals surface area contributed by atoms with Crippen molar-refractivity contribution in [2.75, 3.05) is 45.9 Å². The number of unbranched alkanes of at least 4 members (excludes halogenated alkanes) is 16. The smallest absolute Gasteiger partial charge is 0.308 e. The molecule has 7 heteroatoms. The van der Waals surface area contributed by atoms with Gasteiger partial charge in [0.1, 0.15) is 0 Å². The Kier molecular flexibility index (Phi) is 35.0. The quantitative estimate of drug-likeness (QED) is 0.0490. The summed E-state index contributed by atoms with van der Waals surface area (Å²) in [6.45, 7) is 21.4. The normalized spacial score (nSPS) is 15.7. The van der Waals surface area contributed by atoms with Crippen molar-refractivity contribution in [2.24, 2.45) is 11.8 Å². The van der Waals surface area contributed by atoms with Crippen LogP contribution < -0.4 is 5.32 Å². The van der Waals surface area contributed by atoms with Crippen LogP contribution in [-0.2, 0) is 19.1 Å². The van der Waals surface area contributed by atoms with E-state index in [9.17, 15) is 9.59 Å². The van der Waals surface area contributed by atoms with E-state index in [1.807, 2.05) is 0 Å². The molecule has 0 saturated carbocycles. The summed E-state index contributed by atoms with van der Waals surface area (Å²) in [4.78, 5) is 31.5. The molecule has 330 valence electrons. The Morgan fingerprint density at radius 1 is 0.607 bits per heavy atom. The van der Waals surface area contributed by atoms with E-state index in [-0.39, 0.29) is 23.8 Å². The van der Waals surface area contributed by atoms with Crippen molar-refractivity contribution in [1.82, 2.24) is 15.1 Å². The Labute approximate surface area is 348 Å². The molecule has 0 spiro atoms. The molecule has 1 N–H and O–H groups in total. The fourth-order valence-corrected chi connectivity index (χ4v) is 8.33. The first-order chi connectivity index (χ1) is 27.4. The summed E-state index contributed by atoms with van der Waals surface area (Å²) >= 11 is 0. The Morgan fingerprint density at radius 2 is 1.02 bits per heavy atom. The molecule has 1 rings (SSSR count). The van der Waals surface area contributed by atoms with Crippen molar-refractivity contribution in [1.29, 1.82) is 0 Å². The summed E-state index contributed by atoms with van der Waals surface area (Å²) in [5.41, 5.74) is 0. The number of hydrogen-bond donors (Lipinski definition) is 1. The molecule has 3 atom stereocenters. The number of nitrogens with one attached hydrogen (secondary N) is 1. The van der Waals surface area contributed by atoms with E-state index in [1.165, 1.54) is 129 Å². The summed E-state index contributed by atoms with van der Waals surface area (Å²) in [6.07, 6.45) is 34.9. The van der Waals surface area contributed by atoms with Gasteiger partial charge in [-0.15, -0.1) is 0 Å². The van der Waals surface area contributed by atoms with Gasteiger partial charge in [0.15, 0.2) is 0 Å². The van der Waals surface area contributed by atoms with E-state index in [0.717, 1.165) is 103 Å². The lowest BCUT2D eigenvalue weighted by Gasteiger charge is -2.33. The van der Waals surface area contributed by atoms with E-state index < -0.39 is 0 Å². The van der Waals surface area contributed by atoms with Gasteiger partial charge in [-0.25, -0.2) is 0 Å². The third-order valence-electron chi connectivity index (χ3n) is 12.2. The SMILES string of the molecule is C=C(NCCCN1CCCCC1C)N(CCCOC(=O)C(CCCCCC)CCCCCCCC)CCCOC(=O)C(CCCCCC)CCCCCCCC. The molecule has 0 bridgehead atoms. The van der Waals surface area contributed by atoms with Crippen molar-refractivity contribution in [3.8, 4) is 0 Å². The number of ether oxygens (including phenoxy) is 2. The van der Waals surface area contributed by atoms with Crippen LogP contribution in [-0.4, -0.2) is 73.7 Å². The van der Waals surface area contributed by atoms with Crippen LogP contribution in [0.25, 0.3) is 0 Å². The van der Waals surface area contributed by atoms with E-state index in [1.54, 1.807) is 0 Å². The van der Waals surface area contributed by atoms with Crippen LogP contribution in [0.1, 0.15) is 227 Å². The minimum atomic E-state index is 0.00243. The van der Waals surface area contributed by atoms with Gasteiger partial charge in [0.2, 0.25) is 0 Å². The first-order valence-electron chi connectivity index (χ1n) is 24.6. The topological polar surface area (TPSA) is 71.1 Å². The highest BCUT2D eigenvalue weighted by Crippen LogP contribution is 2.22. The number of carbonyl (C=O) groups excluding carboxylic acids is 2. The van der Waals surface area contributed by atoms with Crippen molar-refractivity contribution < 1.29 is 19.1 Å². The van der Waals surface area contributed by atoms with Crippen LogP contribution in [0.3, 0.4) is 0 Å². The summed E-state index contributed by atoms with van der Waals surface area (Å²) < 4.78 is 11.9. The molecule has 0 aromatic carbocycles. The monoisotopic (exact) mass is 790 g/mol. The van der Waals surface area contributed by atoms with Crippen LogP contribution >= 0.6 is 0 Å². The summed E-state index contributed by atoms with van der Waals surface area (Å²) in [7, 11) is 0. The number of piperidine rings is 1. The van der Waals surface area contributed by atoms with E-state index in [0.29, 0.717) is 19.3 Å². The van der Waals surface area contributed by atoms with E-state index >= 15 is 0 Å². The molecule has 0 radical (unpaired) electrons. The molecular weight excluding hydrogens is 695 g/mol. The van der Waals surface area contributed by atoms with Gasteiger partial charge in [-0.2, -0.15) is 0 Å². The van der Waals surface area contributed by atoms with Crippen molar-refractivity contribution in [3.05, 3.63) is 12.4 Å². The van der Waals surface area contributed by atoms with E-state index in [2.05, 4.69) is 56.3 Å². The minimum absolute atomic E-state index is 0.00243. The average molecular weight is 790 g/mol. The molecule has 0 aromatic rings. The van der Waals surface area contributed by atoms with Crippen LogP contribution in [0.15, 0.2) is 12.4 Å². The zero-order valence-corrected chi connectivity index (χ0v) is 38.1. The molecule has 1 heterocycles. The van der Waals surface area contributed by atoms with Gasteiger partial charge in [-0.1, -0.05) is 169 Å². The van der Waals surface area contributed by atoms with Gasteiger partial charge in [0.05, 0.1) is 30.9 Å². The molecule has 1 saturated heterocycles. The number of likely N-dealkylation sites (tertiary alicyclic amines) is 1. The van der Waals surface area contributed by atoms with Crippen LogP contribution in [0.4, 0.5) is 0 Å². The molecule has 0 aromatic heterocycles. The van der Waals surface area contributed by atoms with Gasteiger partial charge < -0.3 is 24.6 Å². The van der Waals surface area contributed by atoms with Crippen LogP contribution in [0.5, 0.6) is 0 Å². The Balaban J connectivity index is 2.71. The maximum Gasteiger partial charge on any atom is 0.308 e. The van der Waals surface area contributed by atoms with Crippen molar-refractivity contribution in [2.45, 2.75) is 233 Å². The zero-order valence-electron chi connectivity index (χ0n) is 38.1. The Hall–Kier alpha value is -1.76. The predicted octanol–water partition coefficient (Wildman–Crippen LogP) is 13.2.